The molecule has 3 aromatic rings. The maximum Gasteiger partial charge on any atom is 0.254 e. The molecule has 2 heterocycles. The molecule has 3 rings (SSSR count). The highest BCUT2D eigenvalue weighted by atomic mass is 16.1. The number of anilines is 1. The van der Waals surface area contributed by atoms with E-state index in [0.717, 1.165) is 17.7 Å². The van der Waals surface area contributed by atoms with Crippen molar-refractivity contribution in [2.24, 2.45) is 5.73 Å². The molecule has 0 aliphatic carbocycles. The highest BCUT2D eigenvalue weighted by Crippen LogP contribution is 2.11. The minimum Gasteiger partial charge on any atom is -0.382 e. The molecule has 0 radical (unpaired) electrons. The van der Waals surface area contributed by atoms with Gasteiger partial charge in [-0.25, -0.2) is 0 Å². The number of hydrogen-bond acceptors (Lipinski definition) is 4. The predicted octanol–water partition coefficient (Wildman–Crippen LogP) is 0.857. The van der Waals surface area contributed by atoms with Crippen LogP contribution in [0.25, 0.3) is 0 Å². The number of nitrogens with two attached hydrogens (primary N) is 2. The lowest BCUT2D eigenvalue weighted by Crippen LogP contribution is -2.11. The van der Waals surface area contributed by atoms with Crippen molar-refractivity contribution in [1.82, 2.24) is 19.6 Å². The lowest BCUT2D eigenvalue weighted by Gasteiger charge is -2.05. The lowest BCUT2D eigenvalue weighted by molar-refractivity contribution is 0.100. The van der Waals surface area contributed by atoms with Crippen LogP contribution >= 0.6 is 0 Å². The Labute approximate surface area is 127 Å². The van der Waals surface area contributed by atoms with Crippen molar-refractivity contribution in [3.8, 4) is 0 Å². The van der Waals surface area contributed by atoms with Crippen LogP contribution < -0.4 is 11.5 Å². The average Bonchev–Trinajstić information content (AvgIpc) is 3.11. The van der Waals surface area contributed by atoms with E-state index in [9.17, 15) is 4.79 Å². The van der Waals surface area contributed by atoms with E-state index in [2.05, 4.69) is 10.2 Å². The summed E-state index contributed by atoms with van der Waals surface area (Å²) in [6.45, 7) is 1.26. The van der Waals surface area contributed by atoms with Crippen LogP contribution in [-0.2, 0) is 13.1 Å². The monoisotopic (exact) mass is 296 g/mol. The second kappa shape index (κ2) is 5.72. The summed E-state index contributed by atoms with van der Waals surface area (Å²) in [7, 11) is 0. The third-order valence-corrected chi connectivity index (χ3v) is 3.33. The summed E-state index contributed by atoms with van der Waals surface area (Å²) in [6.07, 6.45) is 5.24. The van der Waals surface area contributed by atoms with Crippen molar-refractivity contribution >= 4 is 11.7 Å². The summed E-state index contributed by atoms with van der Waals surface area (Å²) in [4.78, 5) is 11.2. The summed E-state index contributed by atoms with van der Waals surface area (Å²) in [5.74, 6) is -0.416. The number of rotatable bonds is 5. The van der Waals surface area contributed by atoms with Crippen LogP contribution in [0.4, 0.5) is 5.82 Å². The van der Waals surface area contributed by atoms with Crippen LogP contribution in [0, 0.1) is 0 Å². The Kier molecular flexibility index (Phi) is 3.61. The molecule has 0 atom stereocenters. The van der Waals surface area contributed by atoms with Gasteiger partial charge in [0.15, 0.2) is 5.82 Å². The molecule has 1 amide bonds. The minimum absolute atomic E-state index is 0.155. The molecule has 2 aromatic heterocycles. The summed E-state index contributed by atoms with van der Waals surface area (Å²) >= 11 is 0. The third-order valence-electron chi connectivity index (χ3n) is 3.33. The van der Waals surface area contributed by atoms with Crippen molar-refractivity contribution in [3.63, 3.8) is 0 Å². The van der Waals surface area contributed by atoms with Gasteiger partial charge in [-0.15, -0.1) is 0 Å². The fourth-order valence-corrected chi connectivity index (χ4v) is 2.23. The Morgan fingerprint density at radius 1 is 1.09 bits per heavy atom. The molecular weight excluding hydrogens is 280 g/mol. The van der Waals surface area contributed by atoms with Crippen LogP contribution in [0.3, 0.4) is 0 Å². The minimum atomic E-state index is -0.571. The standard InChI is InChI=1S/C15H16N6O/c16-14-13(15(17)22)10-21(19-14)9-12-4-2-11(3-5-12)8-20-7-1-6-18-20/h1-7,10H,8-9H2,(H2,16,19)(H2,17,22). The molecule has 0 saturated carbocycles. The van der Waals surface area contributed by atoms with E-state index in [1.54, 1.807) is 17.1 Å². The molecule has 0 spiro atoms. The van der Waals surface area contributed by atoms with Crippen LogP contribution in [0.15, 0.2) is 48.9 Å². The van der Waals surface area contributed by atoms with Crippen LogP contribution in [0.1, 0.15) is 21.5 Å². The number of hydrogen-bond donors (Lipinski definition) is 2. The first-order valence-corrected chi connectivity index (χ1v) is 6.80. The maximum atomic E-state index is 11.2. The van der Waals surface area contributed by atoms with Crippen molar-refractivity contribution < 1.29 is 4.79 Å². The summed E-state index contributed by atoms with van der Waals surface area (Å²) in [6, 6.07) is 10.0. The van der Waals surface area contributed by atoms with Gasteiger partial charge in [0.2, 0.25) is 0 Å². The van der Waals surface area contributed by atoms with Gasteiger partial charge in [-0.1, -0.05) is 24.3 Å². The number of carbonyl (C=O) groups is 1. The van der Waals surface area contributed by atoms with E-state index in [4.69, 9.17) is 11.5 Å². The van der Waals surface area contributed by atoms with Gasteiger partial charge in [-0.3, -0.25) is 14.2 Å². The quantitative estimate of drug-likeness (QED) is 0.728. The first kappa shape index (κ1) is 13.9. The molecule has 0 aliphatic rings. The highest BCUT2D eigenvalue weighted by molar-refractivity contribution is 5.96. The van der Waals surface area contributed by atoms with Crippen molar-refractivity contribution in [2.45, 2.75) is 13.1 Å². The number of carbonyl (C=O) groups excluding carboxylic acids is 1. The van der Waals surface area contributed by atoms with Crippen LogP contribution in [0.2, 0.25) is 0 Å². The van der Waals surface area contributed by atoms with E-state index >= 15 is 0 Å². The zero-order valence-corrected chi connectivity index (χ0v) is 11.9. The van der Waals surface area contributed by atoms with E-state index in [1.165, 1.54) is 0 Å². The number of primary amides is 1. The normalized spacial score (nSPS) is 10.7. The molecule has 0 bridgehead atoms. The summed E-state index contributed by atoms with van der Waals surface area (Å²) in [5, 5.41) is 8.27. The number of nitrogens with zero attached hydrogens (tertiary/aromatic N) is 4. The average molecular weight is 296 g/mol. The fourth-order valence-electron chi connectivity index (χ4n) is 2.23. The Bertz CT molecular complexity index is 773. The number of amides is 1. The molecule has 7 nitrogen and oxygen atoms in total. The van der Waals surface area contributed by atoms with Gasteiger partial charge in [-0.05, 0) is 17.2 Å². The van der Waals surface area contributed by atoms with E-state index < -0.39 is 5.91 Å². The van der Waals surface area contributed by atoms with Crippen molar-refractivity contribution in [1.29, 1.82) is 0 Å². The van der Waals surface area contributed by atoms with E-state index in [0.29, 0.717) is 6.54 Å². The largest absolute Gasteiger partial charge is 0.382 e. The van der Waals surface area contributed by atoms with Gasteiger partial charge in [-0.2, -0.15) is 10.2 Å². The zero-order valence-electron chi connectivity index (χ0n) is 11.9. The number of benzene rings is 1. The first-order valence-electron chi connectivity index (χ1n) is 6.80. The molecule has 0 aliphatic heterocycles. The third kappa shape index (κ3) is 2.98. The molecular formula is C15H16N6O. The van der Waals surface area contributed by atoms with E-state index in [1.807, 2.05) is 41.2 Å². The molecule has 0 saturated heterocycles. The first-order chi connectivity index (χ1) is 10.6. The van der Waals surface area contributed by atoms with Crippen molar-refractivity contribution in [2.75, 3.05) is 5.73 Å². The Morgan fingerprint density at radius 2 is 1.73 bits per heavy atom. The molecule has 7 heteroatoms. The van der Waals surface area contributed by atoms with Crippen LogP contribution in [-0.4, -0.2) is 25.5 Å². The topological polar surface area (TPSA) is 105 Å². The maximum absolute atomic E-state index is 11.2. The summed E-state index contributed by atoms with van der Waals surface area (Å²) in [5.41, 5.74) is 13.3. The van der Waals surface area contributed by atoms with Gasteiger partial charge in [0.05, 0.1) is 13.1 Å². The fraction of sp³-hybridized carbons (Fsp3) is 0.133. The zero-order chi connectivity index (χ0) is 15.5. The van der Waals surface area contributed by atoms with Gasteiger partial charge in [0.25, 0.3) is 5.91 Å². The predicted molar refractivity (Wildman–Crippen MR) is 82.0 cm³/mol. The van der Waals surface area contributed by atoms with Gasteiger partial charge >= 0.3 is 0 Å². The molecule has 4 N–H and O–H groups in total. The van der Waals surface area contributed by atoms with Gasteiger partial charge in [0, 0.05) is 18.6 Å². The molecule has 0 unspecified atom stereocenters. The SMILES string of the molecule is NC(=O)c1cn(Cc2ccc(Cn3cccn3)cc2)nc1N. The van der Waals surface area contributed by atoms with Crippen molar-refractivity contribution in [3.05, 3.63) is 65.6 Å². The Hall–Kier alpha value is -3.09. The smallest absolute Gasteiger partial charge is 0.254 e. The number of aromatic nitrogens is 4. The highest BCUT2D eigenvalue weighted by Gasteiger charge is 2.10. The Balaban J connectivity index is 1.70. The van der Waals surface area contributed by atoms with Gasteiger partial charge in [0.1, 0.15) is 5.56 Å². The summed E-state index contributed by atoms with van der Waals surface area (Å²) < 4.78 is 3.47. The molecule has 1 aromatic carbocycles. The molecule has 0 fully saturated rings. The second-order valence-corrected chi connectivity index (χ2v) is 5.01. The lowest BCUT2D eigenvalue weighted by atomic mass is 10.1. The number of nitrogen functional groups attached to an aromatic ring is 1. The van der Waals surface area contributed by atoms with Gasteiger partial charge < -0.3 is 11.5 Å². The molecule has 22 heavy (non-hydrogen) atoms. The van der Waals surface area contributed by atoms with E-state index in [-0.39, 0.29) is 11.4 Å². The second-order valence-electron chi connectivity index (χ2n) is 5.01. The Morgan fingerprint density at radius 3 is 2.23 bits per heavy atom. The van der Waals surface area contributed by atoms with Crippen LogP contribution in [0.5, 0.6) is 0 Å². The molecule has 112 valence electrons.